The average Bonchev–Trinajstić information content (AvgIpc) is 2.72. The summed E-state index contributed by atoms with van der Waals surface area (Å²) in [6.45, 7) is 0. The van der Waals surface area contributed by atoms with Crippen molar-refractivity contribution in [1.29, 1.82) is 0 Å². The quantitative estimate of drug-likeness (QED) is 0.282. The molecule has 0 aliphatic carbocycles. The van der Waals surface area contributed by atoms with Gasteiger partial charge in [-0.05, 0) is 76.2 Å². The van der Waals surface area contributed by atoms with Crippen molar-refractivity contribution < 1.29 is 19.4 Å². The van der Waals surface area contributed by atoms with E-state index in [4.69, 9.17) is 4.74 Å². The molecule has 0 unspecified atom stereocenters. The Balaban J connectivity index is 1.68. The summed E-state index contributed by atoms with van der Waals surface area (Å²) in [4.78, 5) is 23.8. The lowest BCUT2D eigenvalue weighted by atomic mass is 10.1. The molecule has 0 aliphatic rings. The molecule has 152 valence electrons. The van der Waals surface area contributed by atoms with E-state index in [9.17, 15) is 14.7 Å². The lowest BCUT2D eigenvalue weighted by Crippen LogP contribution is -2.28. The summed E-state index contributed by atoms with van der Waals surface area (Å²) in [7, 11) is 0. The number of ether oxygens (including phenoxy) is 1. The number of nitrogens with one attached hydrogen (secondary N) is 1. The van der Waals surface area contributed by atoms with Crippen LogP contribution in [0.25, 0.3) is 6.08 Å². The van der Waals surface area contributed by atoms with Gasteiger partial charge in [0.1, 0.15) is 17.2 Å². The van der Waals surface area contributed by atoms with Gasteiger partial charge >= 0.3 is 5.97 Å². The summed E-state index contributed by atoms with van der Waals surface area (Å²) in [6.07, 6.45) is 1.50. The summed E-state index contributed by atoms with van der Waals surface area (Å²) in [5, 5.41) is 11.9. The standard InChI is InChI=1S/C23H17BrINO4/c24-17-9-5-16(6-10-17)14-22(27)26-20(23(28)29)13-15-7-11-18(12-8-15)30-21-4-2-1-3-19(21)25/h1-13H,14H2,(H,26,27)(H,28,29). The first-order valence-electron chi connectivity index (χ1n) is 8.92. The van der Waals surface area contributed by atoms with Crippen molar-refractivity contribution in [3.8, 4) is 11.5 Å². The highest BCUT2D eigenvalue weighted by molar-refractivity contribution is 14.1. The van der Waals surface area contributed by atoms with Crippen LogP contribution < -0.4 is 10.1 Å². The van der Waals surface area contributed by atoms with Gasteiger partial charge in [-0.3, -0.25) is 4.79 Å². The molecule has 0 spiro atoms. The Morgan fingerprint density at radius 1 is 1.00 bits per heavy atom. The number of halogens is 2. The Morgan fingerprint density at radius 3 is 2.30 bits per heavy atom. The van der Waals surface area contributed by atoms with Crippen LogP contribution in [0.1, 0.15) is 11.1 Å². The van der Waals surface area contributed by atoms with Gasteiger partial charge in [-0.15, -0.1) is 0 Å². The molecule has 0 saturated carbocycles. The SMILES string of the molecule is O=C(Cc1ccc(Br)cc1)NC(=Cc1ccc(Oc2ccccc2I)cc1)C(=O)O. The van der Waals surface area contributed by atoms with Crippen LogP contribution in [0.3, 0.4) is 0 Å². The average molecular weight is 578 g/mol. The number of amides is 1. The second kappa shape index (κ2) is 10.4. The predicted molar refractivity (Wildman–Crippen MR) is 127 cm³/mol. The lowest BCUT2D eigenvalue weighted by Gasteiger charge is -2.09. The molecule has 3 rings (SSSR count). The molecule has 30 heavy (non-hydrogen) atoms. The molecular formula is C23H17BrINO4. The van der Waals surface area contributed by atoms with Gasteiger partial charge in [-0.1, -0.05) is 52.3 Å². The van der Waals surface area contributed by atoms with Crippen LogP contribution in [-0.4, -0.2) is 17.0 Å². The highest BCUT2D eigenvalue weighted by Gasteiger charge is 2.12. The maximum Gasteiger partial charge on any atom is 0.352 e. The molecule has 0 aromatic heterocycles. The molecular weight excluding hydrogens is 561 g/mol. The highest BCUT2D eigenvalue weighted by Crippen LogP contribution is 2.26. The largest absolute Gasteiger partial charge is 0.477 e. The Labute approximate surface area is 196 Å². The van der Waals surface area contributed by atoms with Crippen LogP contribution in [0.15, 0.2) is 83.0 Å². The van der Waals surface area contributed by atoms with Gasteiger partial charge in [0.15, 0.2) is 0 Å². The molecule has 0 bridgehead atoms. The van der Waals surface area contributed by atoms with E-state index in [1.165, 1.54) is 6.08 Å². The van der Waals surface area contributed by atoms with Crippen LogP contribution >= 0.6 is 38.5 Å². The van der Waals surface area contributed by atoms with Crippen LogP contribution in [0, 0.1) is 3.57 Å². The molecule has 0 saturated heterocycles. The summed E-state index contributed by atoms with van der Waals surface area (Å²) >= 11 is 5.53. The minimum atomic E-state index is -1.21. The van der Waals surface area contributed by atoms with Crippen molar-refractivity contribution >= 4 is 56.5 Å². The van der Waals surface area contributed by atoms with Crippen molar-refractivity contribution in [3.05, 3.63) is 97.7 Å². The second-order valence-electron chi connectivity index (χ2n) is 6.32. The lowest BCUT2D eigenvalue weighted by molar-refractivity contribution is -0.134. The first-order valence-corrected chi connectivity index (χ1v) is 10.8. The zero-order valence-corrected chi connectivity index (χ0v) is 19.4. The number of carbonyl (C=O) groups excluding carboxylic acids is 1. The summed E-state index contributed by atoms with van der Waals surface area (Å²) in [5.41, 5.74) is 1.23. The van der Waals surface area contributed by atoms with E-state index in [1.54, 1.807) is 36.4 Å². The number of hydrogen-bond acceptors (Lipinski definition) is 3. The van der Waals surface area contributed by atoms with Crippen molar-refractivity contribution in [2.24, 2.45) is 0 Å². The molecule has 0 heterocycles. The summed E-state index contributed by atoms with van der Waals surface area (Å²) < 4.78 is 7.73. The molecule has 0 radical (unpaired) electrons. The normalized spacial score (nSPS) is 11.1. The van der Waals surface area contributed by atoms with Crippen LogP contribution in [-0.2, 0) is 16.0 Å². The number of rotatable bonds is 7. The third kappa shape index (κ3) is 6.43. The number of carboxylic acid groups (broad SMARTS) is 1. The van der Waals surface area contributed by atoms with Crippen LogP contribution in [0.2, 0.25) is 0 Å². The number of carbonyl (C=O) groups is 2. The van der Waals surface area contributed by atoms with Crippen molar-refractivity contribution in [2.45, 2.75) is 6.42 Å². The van der Waals surface area contributed by atoms with E-state index in [0.717, 1.165) is 19.4 Å². The van der Waals surface area contributed by atoms with Gasteiger partial charge < -0.3 is 15.2 Å². The van der Waals surface area contributed by atoms with Crippen LogP contribution in [0.4, 0.5) is 0 Å². The molecule has 2 N–H and O–H groups in total. The van der Waals surface area contributed by atoms with Gasteiger partial charge in [0.2, 0.25) is 5.91 Å². The smallest absolute Gasteiger partial charge is 0.352 e. The number of aliphatic carboxylic acids is 1. The Morgan fingerprint density at radius 2 is 1.67 bits per heavy atom. The molecule has 0 atom stereocenters. The minimum Gasteiger partial charge on any atom is -0.477 e. The molecule has 0 fully saturated rings. The Kier molecular flexibility index (Phi) is 7.64. The van der Waals surface area contributed by atoms with Crippen molar-refractivity contribution in [3.63, 3.8) is 0 Å². The zero-order valence-electron chi connectivity index (χ0n) is 15.6. The van der Waals surface area contributed by atoms with Crippen LogP contribution in [0.5, 0.6) is 11.5 Å². The fourth-order valence-electron chi connectivity index (χ4n) is 2.59. The molecule has 7 heteroatoms. The molecule has 0 aliphatic heterocycles. The zero-order chi connectivity index (χ0) is 21.5. The van der Waals surface area contributed by atoms with E-state index < -0.39 is 11.9 Å². The highest BCUT2D eigenvalue weighted by atomic mass is 127. The molecule has 5 nitrogen and oxygen atoms in total. The third-order valence-corrected chi connectivity index (χ3v) is 5.46. The number of benzene rings is 3. The van der Waals surface area contributed by atoms with E-state index in [0.29, 0.717) is 11.3 Å². The molecule has 1 amide bonds. The van der Waals surface area contributed by atoms with E-state index in [-0.39, 0.29) is 12.1 Å². The topological polar surface area (TPSA) is 75.6 Å². The Hall–Kier alpha value is -2.65. The van der Waals surface area contributed by atoms with Gasteiger partial charge in [0, 0.05) is 4.47 Å². The number of carboxylic acids is 1. The van der Waals surface area contributed by atoms with Gasteiger partial charge in [0.05, 0.1) is 9.99 Å². The summed E-state index contributed by atoms with van der Waals surface area (Å²) in [5.74, 6) is -0.233. The molecule has 3 aromatic rings. The maximum absolute atomic E-state index is 12.2. The van der Waals surface area contributed by atoms with Crippen molar-refractivity contribution in [2.75, 3.05) is 0 Å². The monoisotopic (exact) mass is 577 g/mol. The minimum absolute atomic E-state index is 0.0837. The van der Waals surface area contributed by atoms with Gasteiger partial charge in [0.25, 0.3) is 0 Å². The van der Waals surface area contributed by atoms with E-state index in [2.05, 4.69) is 43.8 Å². The van der Waals surface area contributed by atoms with E-state index >= 15 is 0 Å². The van der Waals surface area contributed by atoms with Crippen molar-refractivity contribution in [1.82, 2.24) is 5.32 Å². The third-order valence-electron chi connectivity index (χ3n) is 4.04. The predicted octanol–water partition coefficient (Wildman–Crippen LogP) is 5.63. The number of hydrogen-bond donors (Lipinski definition) is 2. The number of para-hydroxylation sites is 1. The van der Waals surface area contributed by atoms with E-state index in [1.807, 2.05) is 36.4 Å². The first-order chi connectivity index (χ1) is 14.4. The molecule has 3 aromatic carbocycles. The Bertz CT molecular complexity index is 1080. The van der Waals surface area contributed by atoms with Gasteiger partial charge in [-0.25, -0.2) is 4.79 Å². The second-order valence-corrected chi connectivity index (χ2v) is 8.39. The fourth-order valence-corrected chi connectivity index (χ4v) is 3.35. The van der Waals surface area contributed by atoms with Gasteiger partial charge in [-0.2, -0.15) is 0 Å². The maximum atomic E-state index is 12.2. The fraction of sp³-hybridized carbons (Fsp3) is 0.0435. The summed E-state index contributed by atoms with van der Waals surface area (Å²) in [6, 6.07) is 21.9. The first kappa shape index (κ1) is 22.0.